The molecule has 0 aliphatic carbocycles. The molecule has 2 N–H and O–H groups in total. The molecule has 84 valence electrons. The van der Waals surface area contributed by atoms with Crippen molar-refractivity contribution < 1.29 is 4.74 Å². The molecule has 16 heavy (non-hydrogen) atoms. The van der Waals surface area contributed by atoms with Gasteiger partial charge in [0.05, 0.1) is 12.8 Å². The lowest BCUT2D eigenvalue weighted by Crippen LogP contribution is -1.93. The molecular formula is C12H15N3O. The third kappa shape index (κ3) is 1.86. The Labute approximate surface area is 94.6 Å². The van der Waals surface area contributed by atoms with Crippen molar-refractivity contribution in [2.75, 3.05) is 12.8 Å². The van der Waals surface area contributed by atoms with Crippen LogP contribution in [0, 0.1) is 0 Å². The number of nitrogens with zero attached hydrogens (tertiary/aromatic N) is 2. The Bertz CT molecular complexity index is 474. The molecule has 0 aliphatic rings. The van der Waals surface area contributed by atoms with Crippen LogP contribution in [0.5, 0.6) is 5.75 Å². The average Bonchev–Trinajstić information content (AvgIpc) is 2.71. The minimum atomic E-state index is 0.701. The molecule has 0 spiro atoms. The number of hydrogen-bond donors (Lipinski definition) is 1. The number of anilines is 1. The minimum Gasteiger partial charge on any atom is -0.497 e. The van der Waals surface area contributed by atoms with Crippen molar-refractivity contribution in [1.29, 1.82) is 0 Å². The van der Waals surface area contributed by atoms with Gasteiger partial charge in [-0.05, 0) is 31.2 Å². The maximum absolute atomic E-state index is 5.90. The molecule has 0 saturated carbocycles. The van der Waals surface area contributed by atoms with Gasteiger partial charge in [0, 0.05) is 18.3 Å². The van der Waals surface area contributed by atoms with Gasteiger partial charge in [0.15, 0.2) is 0 Å². The van der Waals surface area contributed by atoms with Gasteiger partial charge in [-0.1, -0.05) is 0 Å². The number of nitrogens with two attached hydrogens (primary N) is 1. The highest BCUT2D eigenvalue weighted by atomic mass is 16.5. The molecule has 0 atom stereocenters. The Morgan fingerprint density at radius 2 is 2.00 bits per heavy atom. The van der Waals surface area contributed by atoms with Gasteiger partial charge >= 0.3 is 0 Å². The van der Waals surface area contributed by atoms with Crippen molar-refractivity contribution in [2.24, 2.45) is 0 Å². The smallest absolute Gasteiger partial charge is 0.118 e. The first-order valence-electron chi connectivity index (χ1n) is 5.22. The van der Waals surface area contributed by atoms with Crippen LogP contribution in [0.4, 0.5) is 5.69 Å². The van der Waals surface area contributed by atoms with Crippen LogP contribution < -0.4 is 10.5 Å². The van der Waals surface area contributed by atoms with Gasteiger partial charge in [-0.25, -0.2) is 0 Å². The van der Waals surface area contributed by atoms with E-state index in [9.17, 15) is 0 Å². The number of aromatic nitrogens is 2. The van der Waals surface area contributed by atoms with E-state index in [0.29, 0.717) is 5.69 Å². The van der Waals surface area contributed by atoms with E-state index in [1.807, 2.05) is 42.1 Å². The number of methoxy groups -OCH3 is 1. The van der Waals surface area contributed by atoms with Gasteiger partial charge < -0.3 is 10.5 Å². The summed E-state index contributed by atoms with van der Waals surface area (Å²) in [7, 11) is 1.65. The molecule has 1 aromatic carbocycles. The van der Waals surface area contributed by atoms with Crippen LogP contribution in [0.3, 0.4) is 0 Å². The number of ether oxygens (including phenoxy) is 1. The number of hydrogen-bond acceptors (Lipinski definition) is 3. The summed E-state index contributed by atoms with van der Waals surface area (Å²) in [4.78, 5) is 0. The quantitative estimate of drug-likeness (QED) is 0.857. The molecule has 1 heterocycles. The van der Waals surface area contributed by atoms with Gasteiger partial charge in [-0.2, -0.15) is 5.10 Å². The molecule has 1 aromatic heterocycles. The molecule has 0 fully saturated rings. The Morgan fingerprint density at radius 1 is 1.31 bits per heavy atom. The highest BCUT2D eigenvalue weighted by Crippen LogP contribution is 2.25. The second kappa shape index (κ2) is 4.26. The third-order valence-corrected chi connectivity index (χ3v) is 2.48. The van der Waals surface area contributed by atoms with E-state index in [1.165, 1.54) is 0 Å². The van der Waals surface area contributed by atoms with E-state index in [2.05, 4.69) is 5.10 Å². The molecule has 0 bridgehead atoms. The van der Waals surface area contributed by atoms with E-state index in [4.69, 9.17) is 10.5 Å². The fraction of sp³-hybridized carbons (Fsp3) is 0.250. The first kappa shape index (κ1) is 10.5. The standard InChI is InChI=1S/C12H15N3O/c1-3-15-8-11(13)12(14-15)9-4-6-10(16-2)7-5-9/h4-8H,3,13H2,1-2H3. The second-order valence-corrected chi connectivity index (χ2v) is 3.52. The van der Waals surface area contributed by atoms with Gasteiger partial charge in [0.2, 0.25) is 0 Å². The van der Waals surface area contributed by atoms with E-state index >= 15 is 0 Å². The van der Waals surface area contributed by atoms with E-state index in [0.717, 1.165) is 23.6 Å². The fourth-order valence-corrected chi connectivity index (χ4v) is 1.57. The highest BCUT2D eigenvalue weighted by molar-refractivity contribution is 5.72. The Hall–Kier alpha value is -1.97. The van der Waals surface area contributed by atoms with Gasteiger partial charge in [0.1, 0.15) is 11.4 Å². The fourth-order valence-electron chi connectivity index (χ4n) is 1.57. The monoisotopic (exact) mass is 217 g/mol. The zero-order chi connectivity index (χ0) is 11.5. The Kier molecular flexibility index (Phi) is 2.81. The summed E-state index contributed by atoms with van der Waals surface area (Å²) in [6.45, 7) is 2.85. The summed E-state index contributed by atoms with van der Waals surface area (Å²) in [5, 5.41) is 4.40. The number of nitrogen functional groups attached to an aromatic ring is 1. The van der Waals surface area contributed by atoms with Gasteiger partial charge in [0.25, 0.3) is 0 Å². The molecule has 2 rings (SSSR count). The summed E-state index contributed by atoms with van der Waals surface area (Å²) < 4.78 is 6.93. The zero-order valence-electron chi connectivity index (χ0n) is 9.47. The van der Waals surface area contributed by atoms with Crippen molar-refractivity contribution in [3.63, 3.8) is 0 Å². The minimum absolute atomic E-state index is 0.701. The Balaban J connectivity index is 2.38. The van der Waals surface area contributed by atoms with Crippen molar-refractivity contribution >= 4 is 5.69 Å². The first-order valence-corrected chi connectivity index (χ1v) is 5.22. The molecule has 0 unspecified atom stereocenters. The van der Waals surface area contributed by atoms with Crippen LogP contribution in [-0.4, -0.2) is 16.9 Å². The molecule has 2 aromatic rings. The van der Waals surface area contributed by atoms with Crippen LogP contribution in [-0.2, 0) is 6.54 Å². The lowest BCUT2D eigenvalue weighted by atomic mass is 10.1. The number of rotatable bonds is 3. The molecule has 0 saturated heterocycles. The van der Waals surface area contributed by atoms with Crippen LogP contribution in [0.1, 0.15) is 6.92 Å². The van der Waals surface area contributed by atoms with Crippen LogP contribution in [0.25, 0.3) is 11.3 Å². The van der Waals surface area contributed by atoms with Crippen LogP contribution in [0.15, 0.2) is 30.5 Å². The van der Waals surface area contributed by atoms with Crippen molar-refractivity contribution in [2.45, 2.75) is 13.5 Å². The molecule has 0 aliphatic heterocycles. The Morgan fingerprint density at radius 3 is 2.50 bits per heavy atom. The second-order valence-electron chi connectivity index (χ2n) is 3.52. The molecule has 4 nitrogen and oxygen atoms in total. The third-order valence-electron chi connectivity index (χ3n) is 2.48. The lowest BCUT2D eigenvalue weighted by Gasteiger charge is -2.01. The largest absolute Gasteiger partial charge is 0.497 e. The topological polar surface area (TPSA) is 53.1 Å². The SMILES string of the molecule is CCn1cc(N)c(-c2ccc(OC)cc2)n1. The zero-order valence-corrected chi connectivity index (χ0v) is 9.47. The predicted molar refractivity (Wildman–Crippen MR) is 64.3 cm³/mol. The summed E-state index contributed by atoms with van der Waals surface area (Å²) in [6.07, 6.45) is 1.85. The lowest BCUT2D eigenvalue weighted by molar-refractivity contribution is 0.415. The van der Waals surface area contributed by atoms with Gasteiger partial charge in [-0.3, -0.25) is 4.68 Å². The maximum Gasteiger partial charge on any atom is 0.118 e. The first-order chi connectivity index (χ1) is 7.74. The van der Waals surface area contributed by atoms with Crippen molar-refractivity contribution in [3.8, 4) is 17.0 Å². The summed E-state index contributed by atoms with van der Waals surface area (Å²) >= 11 is 0. The highest BCUT2D eigenvalue weighted by Gasteiger charge is 2.07. The summed E-state index contributed by atoms with van der Waals surface area (Å²) in [6, 6.07) is 7.72. The normalized spacial score (nSPS) is 10.4. The number of benzene rings is 1. The van der Waals surface area contributed by atoms with Crippen molar-refractivity contribution in [3.05, 3.63) is 30.5 Å². The van der Waals surface area contributed by atoms with Crippen LogP contribution >= 0.6 is 0 Å². The summed E-state index contributed by atoms with van der Waals surface area (Å²) in [5.74, 6) is 0.831. The molecule has 0 amide bonds. The van der Waals surface area contributed by atoms with Gasteiger partial charge in [-0.15, -0.1) is 0 Å². The van der Waals surface area contributed by atoms with Crippen molar-refractivity contribution in [1.82, 2.24) is 9.78 Å². The van der Waals surface area contributed by atoms with E-state index in [-0.39, 0.29) is 0 Å². The predicted octanol–water partition coefficient (Wildman–Crippen LogP) is 2.16. The average molecular weight is 217 g/mol. The van der Waals surface area contributed by atoms with E-state index < -0.39 is 0 Å². The molecular weight excluding hydrogens is 202 g/mol. The van der Waals surface area contributed by atoms with E-state index in [1.54, 1.807) is 7.11 Å². The molecule has 0 radical (unpaired) electrons. The summed E-state index contributed by atoms with van der Waals surface area (Å²) in [5.41, 5.74) is 8.43. The molecule has 4 heteroatoms. The van der Waals surface area contributed by atoms with Crippen LogP contribution in [0.2, 0.25) is 0 Å². The maximum atomic E-state index is 5.90. The number of aryl methyl sites for hydroxylation is 1.